The van der Waals surface area contributed by atoms with Gasteiger partial charge in [-0.15, -0.1) is 11.3 Å². The van der Waals surface area contributed by atoms with Crippen LogP contribution in [0.1, 0.15) is 5.69 Å². The van der Waals surface area contributed by atoms with E-state index in [-0.39, 0.29) is 22.3 Å². The highest BCUT2D eigenvalue weighted by Gasteiger charge is 2.36. The first-order valence-electron chi connectivity index (χ1n) is 7.38. The van der Waals surface area contributed by atoms with Crippen molar-refractivity contribution in [2.75, 3.05) is 0 Å². The average molecular weight is 377 g/mol. The van der Waals surface area contributed by atoms with Crippen molar-refractivity contribution in [3.05, 3.63) is 59.8 Å². The number of aromatic hydroxyl groups is 1. The Morgan fingerprint density at radius 2 is 1.96 bits per heavy atom. The van der Waals surface area contributed by atoms with Crippen LogP contribution in [0.4, 0.5) is 13.2 Å². The molecule has 0 radical (unpaired) electrons. The molecular formula is C17H10F3N3O2S. The van der Waals surface area contributed by atoms with Gasteiger partial charge < -0.3 is 9.52 Å². The minimum Gasteiger partial charge on any atom is -0.508 e. The summed E-state index contributed by atoms with van der Waals surface area (Å²) in [5.74, 6) is 0.328. The zero-order valence-corrected chi connectivity index (χ0v) is 13.8. The first kappa shape index (κ1) is 16.4. The summed E-state index contributed by atoms with van der Waals surface area (Å²) >= 11 is 1.14. The lowest BCUT2D eigenvalue weighted by Gasteiger charge is -2.02. The van der Waals surface area contributed by atoms with Crippen LogP contribution in [0.25, 0.3) is 27.8 Å². The van der Waals surface area contributed by atoms with Gasteiger partial charge in [0, 0.05) is 17.0 Å². The van der Waals surface area contributed by atoms with Gasteiger partial charge in [0.05, 0.1) is 12.0 Å². The quantitative estimate of drug-likeness (QED) is 0.547. The minimum absolute atomic E-state index is 0.0757. The van der Waals surface area contributed by atoms with Gasteiger partial charge in [0.2, 0.25) is 5.13 Å². The average Bonchev–Trinajstić information content (AvgIpc) is 3.32. The van der Waals surface area contributed by atoms with E-state index in [2.05, 4.69) is 10.1 Å². The summed E-state index contributed by atoms with van der Waals surface area (Å²) in [6.07, 6.45) is -3.21. The SMILES string of the molecule is Oc1cccc(-c2csc(-n3nc(C(F)(F)F)cc3-c3ccco3)n2)c1. The summed E-state index contributed by atoms with van der Waals surface area (Å²) in [5.41, 5.74) is 0.294. The van der Waals surface area contributed by atoms with E-state index >= 15 is 0 Å². The van der Waals surface area contributed by atoms with Crippen molar-refractivity contribution in [2.45, 2.75) is 6.18 Å². The Morgan fingerprint density at radius 3 is 2.65 bits per heavy atom. The van der Waals surface area contributed by atoms with E-state index in [1.165, 1.54) is 18.4 Å². The molecule has 3 heterocycles. The maximum Gasteiger partial charge on any atom is 0.435 e. The van der Waals surface area contributed by atoms with Crippen molar-refractivity contribution < 1.29 is 22.7 Å². The van der Waals surface area contributed by atoms with E-state index in [4.69, 9.17) is 4.42 Å². The Morgan fingerprint density at radius 1 is 1.12 bits per heavy atom. The van der Waals surface area contributed by atoms with Crippen molar-refractivity contribution in [1.29, 1.82) is 0 Å². The van der Waals surface area contributed by atoms with E-state index < -0.39 is 11.9 Å². The number of benzene rings is 1. The number of furan rings is 1. The highest BCUT2D eigenvalue weighted by atomic mass is 32.1. The lowest BCUT2D eigenvalue weighted by atomic mass is 10.2. The van der Waals surface area contributed by atoms with E-state index in [1.807, 2.05) is 0 Å². The fourth-order valence-electron chi connectivity index (χ4n) is 2.42. The second-order valence-corrected chi connectivity index (χ2v) is 6.20. The van der Waals surface area contributed by atoms with Crippen LogP contribution in [-0.2, 0) is 6.18 Å². The van der Waals surface area contributed by atoms with Crippen LogP contribution in [0.15, 0.2) is 58.5 Å². The second-order valence-electron chi connectivity index (χ2n) is 5.37. The van der Waals surface area contributed by atoms with Gasteiger partial charge in [0.1, 0.15) is 11.4 Å². The number of phenolic OH excluding ortho intramolecular Hbond substituents is 1. The number of thiazole rings is 1. The zero-order valence-electron chi connectivity index (χ0n) is 12.9. The molecule has 0 fully saturated rings. The van der Waals surface area contributed by atoms with Crippen LogP contribution in [0.3, 0.4) is 0 Å². The molecule has 132 valence electrons. The van der Waals surface area contributed by atoms with Crippen LogP contribution in [0, 0.1) is 0 Å². The molecule has 1 aromatic carbocycles. The molecule has 9 heteroatoms. The van der Waals surface area contributed by atoms with Crippen molar-refractivity contribution in [1.82, 2.24) is 14.8 Å². The molecule has 4 rings (SSSR count). The number of aromatic nitrogens is 3. The summed E-state index contributed by atoms with van der Waals surface area (Å²) in [4.78, 5) is 4.36. The molecular weight excluding hydrogens is 367 g/mol. The molecule has 0 aliphatic heterocycles. The van der Waals surface area contributed by atoms with Gasteiger partial charge in [-0.1, -0.05) is 12.1 Å². The van der Waals surface area contributed by atoms with Crippen molar-refractivity contribution in [2.24, 2.45) is 0 Å². The Hall–Kier alpha value is -3.07. The summed E-state index contributed by atoms with van der Waals surface area (Å²) in [5, 5.41) is 15.2. The van der Waals surface area contributed by atoms with Crippen molar-refractivity contribution >= 4 is 11.3 Å². The molecule has 3 aromatic heterocycles. The fourth-order valence-corrected chi connectivity index (χ4v) is 3.22. The Balaban J connectivity index is 1.82. The maximum absolute atomic E-state index is 13.1. The van der Waals surface area contributed by atoms with Gasteiger partial charge in [0.15, 0.2) is 11.5 Å². The Kier molecular flexibility index (Phi) is 3.80. The molecule has 0 unspecified atom stereocenters. The highest BCUT2D eigenvalue weighted by Crippen LogP contribution is 2.35. The molecule has 0 aliphatic rings. The Labute approximate surface area is 149 Å². The monoisotopic (exact) mass is 377 g/mol. The van der Waals surface area contributed by atoms with Crippen LogP contribution >= 0.6 is 11.3 Å². The molecule has 4 aromatic rings. The van der Waals surface area contributed by atoms with E-state index in [9.17, 15) is 18.3 Å². The largest absolute Gasteiger partial charge is 0.508 e. The van der Waals surface area contributed by atoms with Crippen LogP contribution < -0.4 is 0 Å². The van der Waals surface area contributed by atoms with Crippen LogP contribution in [-0.4, -0.2) is 19.9 Å². The third-order valence-electron chi connectivity index (χ3n) is 3.59. The minimum atomic E-state index is -4.59. The maximum atomic E-state index is 13.1. The number of phenols is 1. The van der Waals surface area contributed by atoms with Crippen LogP contribution in [0.5, 0.6) is 5.75 Å². The molecule has 0 amide bonds. The first-order valence-corrected chi connectivity index (χ1v) is 8.26. The van der Waals surface area contributed by atoms with Crippen molar-refractivity contribution in [3.63, 3.8) is 0 Å². The molecule has 0 atom stereocenters. The zero-order chi connectivity index (χ0) is 18.3. The van der Waals surface area contributed by atoms with Gasteiger partial charge in [-0.2, -0.15) is 18.3 Å². The third kappa shape index (κ3) is 2.97. The lowest BCUT2D eigenvalue weighted by molar-refractivity contribution is -0.141. The lowest BCUT2D eigenvalue weighted by Crippen LogP contribution is -2.07. The molecule has 1 N–H and O–H groups in total. The van der Waals surface area contributed by atoms with E-state index in [0.29, 0.717) is 11.3 Å². The molecule has 5 nitrogen and oxygen atoms in total. The number of hydrogen-bond donors (Lipinski definition) is 1. The van der Waals surface area contributed by atoms with Crippen molar-refractivity contribution in [3.8, 4) is 33.6 Å². The first-order chi connectivity index (χ1) is 12.4. The topological polar surface area (TPSA) is 64.1 Å². The Bertz CT molecular complexity index is 1050. The summed E-state index contributed by atoms with van der Waals surface area (Å²) in [7, 11) is 0. The second kappa shape index (κ2) is 6.03. The van der Waals surface area contributed by atoms with Gasteiger partial charge in [0.25, 0.3) is 0 Å². The van der Waals surface area contributed by atoms with Gasteiger partial charge >= 0.3 is 6.18 Å². The van der Waals surface area contributed by atoms with E-state index in [1.54, 1.807) is 29.6 Å². The predicted molar refractivity (Wildman–Crippen MR) is 89.0 cm³/mol. The van der Waals surface area contributed by atoms with Gasteiger partial charge in [-0.05, 0) is 24.3 Å². The molecule has 0 aliphatic carbocycles. The number of halogens is 3. The number of rotatable bonds is 3. The third-order valence-corrected chi connectivity index (χ3v) is 4.40. The standard InChI is InChI=1S/C17H10F3N3O2S/c18-17(19,20)15-8-13(14-5-2-6-25-14)23(22-15)16-21-12(9-26-16)10-3-1-4-11(24)7-10/h1-9,24H. The number of nitrogens with zero attached hydrogens (tertiary/aromatic N) is 3. The molecule has 0 spiro atoms. The smallest absolute Gasteiger partial charge is 0.435 e. The summed E-state index contributed by atoms with van der Waals surface area (Å²) in [6, 6.07) is 10.5. The molecule has 0 bridgehead atoms. The van der Waals surface area contributed by atoms with Gasteiger partial charge in [-0.25, -0.2) is 9.67 Å². The highest BCUT2D eigenvalue weighted by molar-refractivity contribution is 7.12. The molecule has 0 saturated carbocycles. The summed E-state index contributed by atoms with van der Waals surface area (Å²) in [6.45, 7) is 0. The molecule has 0 saturated heterocycles. The predicted octanol–water partition coefficient (Wildman–Crippen LogP) is 4.98. The normalized spacial score (nSPS) is 11.8. The number of hydrogen-bond acceptors (Lipinski definition) is 5. The fraction of sp³-hybridized carbons (Fsp3) is 0.0588. The number of alkyl halides is 3. The summed E-state index contributed by atoms with van der Waals surface area (Å²) < 4.78 is 45.6. The molecule has 26 heavy (non-hydrogen) atoms. The van der Waals surface area contributed by atoms with Crippen LogP contribution in [0.2, 0.25) is 0 Å². The van der Waals surface area contributed by atoms with Gasteiger partial charge in [-0.3, -0.25) is 0 Å². The van der Waals surface area contributed by atoms with E-state index in [0.717, 1.165) is 22.1 Å².